The standard InChI is InChI=1S/C11H6F4N2/c12-8-4-1-3-7(9(8)11(13,14)15)10-16-5-2-6-17-10/h1-6H. The summed E-state index contributed by atoms with van der Waals surface area (Å²) in [6.07, 6.45) is -2.18. The third kappa shape index (κ3) is 2.25. The van der Waals surface area contributed by atoms with Crippen LogP contribution in [-0.2, 0) is 6.18 Å². The van der Waals surface area contributed by atoms with Gasteiger partial charge in [0.2, 0.25) is 0 Å². The molecule has 1 aromatic carbocycles. The minimum atomic E-state index is -4.78. The number of hydrogen-bond acceptors (Lipinski definition) is 2. The van der Waals surface area contributed by atoms with Crippen LogP contribution >= 0.6 is 0 Å². The van der Waals surface area contributed by atoms with Gasteiger partial charge in [0.15, 0.2) is 5.82 Å². The first-order valence-corrected chi connectivity index (χ1v) is 4.63. The summed E-state index contributed by atoms with van der Waals surface area (Å²) in [5, 5.41) is 0. The van der Waals surface area contributed by atoms with Gasteiger partial charge in [-0.3, -0.25) is 0 Å². The zero-order valence-corrected chi connectivity index (χ0v) is 8.37. The highest BCUT2D eigenvalue weighted by Gasteiger charge is 2.37. The van der Waals surface area contributed by atoms with Crippen molar-refractivity contribution in [1.82, 2.24) is 9.97 Å². The molecule has 0 bridgehead atoms. The van der Waals surface area contributed by atoms with Crippen LogP contribution in [-0.4, -0.2) is 9.97 Å². The lowest BCUT2D eigenvalue weighted by Crippen LogP contribution is -2.11. The lowest BCUT2D eigenvalue weighted by Gasteiger charge is -2.12. The van der Waals surface area contributed by atoms with E-state index in [2.05, 4.69) is 9.97 Å². The number of hydrogen-bond donors (Lipinski definition) is 0. The largest absolute Gasteiger partial charge is 0.419 e. The maximum atomic E-state index is 13.3. The number of aromatic nitrogens is 2. The van der Waals surface area contributed by atoms with Gasteiger partial charge in [0, 0.05) is 18.0 Å². The molecular formula is C11H6F4N2. The Morgan fingerprint density at radius 1 is 0.941 bits per heavy atom. The van der Waals surface area contributed by atoms with Crippen molar-refractivity contribution in [2.24, 2.45) is 0 Å². The van der Waals surface area contributed by atoms with Gasteiger partial charge < -0.3 is 0 Å². The van der Waals surface area contributed by atoms with Crippen molar-refractivity contribution in [3.63, 3.8) is 0 Å². The van der Waals surface area contributed by atoms with E-state index in [-0.39, 0.29) is 11.4 Å². The molecule has 0 unspecified atom stereocenters. The van der Waals surface area contributed by atoms with Gasteiger partial charge in [-0.25, -0.2) is 14.4 Å². The van der Waals surface area contributed by atoms with Gasteiger partial charge in [0.05, 0.1) is 0 Å². The molecule has 2 aromatic rings. The number of halogens is 4. The van der Waals surface area contributed by atoms with Crippen molar-refractivity contribution < 1.29 is 17.6 Å². The van der Waals surface area contributed by atoms with E-state index in [4.69, 9.17) is 0 Å². The first kappa shape index (κ1) is 11.5. The van der Waals surface area contributed by atoms with Crippen molar-refractivity contribution >= 4 is 0 Å². The molecular weight excluding hydrogens is 236 g/mol. The predicted molar refractivity (Wildman–Crippen MR) is 52.4 cm³/mol. The molecule has 0 aliphatic rings. The SMILES string of the molecule is Fc1cccc(-c2ncccn2)c1C(F)(F)F. The van der Waals surface area contributed by atoms with Gasteiger partial charge in [0.25, 0.3) is 0 Å². The van der Waals surface area contributed by atoms with Gasteiger partial charge in [-0.2, -0.15) is 13.2 Å². The predicted octanol–water partition coefficient (Wildman–Crippen LogP) is 3.30. The second kappa shape index (κ2) is 4.12. The Hall–Kier alpha value is -1.98. The molecule has 0 radical (unpaired) electrons. The third-order valence-electron chi connectivity index (χ3n) is 2.10. The first-order chi connectivity index (χ1) is 8.00. The smallest absolute Gasteiger partial charge is 0.237 e. The molecule has 0 spiro atoms. The lowest BCUT2D eigenvalue weighted by atomic mass is 10.1. The van der Waals surface area contributed by atoms with E-state index in [0.29, 0.717) is 0 Å². The van der Waals surface area contributed by atoms with Crippen LogP contribution in [0, 0.1) is 5.82 Å². The maximum absolute atomic E-state index is 13.3. The fourth-order valence-corrected chi connectivity index (χ4v) is 1.44. The van der Waals surface area contributed by atoms with E-state index in [1.807, 2.05) is 0 Å². The van der Waals surface area contributed by atoms with E-state index in [1.54, 1.807) is 0 Å². The summed E-state index contributed by atoms with van der Waals surface area (Å²) in [6.45, 7) is 0. The Bertz CT molecular complexity index is 523. The van der Waals surface area contributed by atoms with Crippen LogP contribution < -0.4 is 0 Å². The summed E-state index contributed by atoms with van der Waals surface area (Å²) in [4.78, 5) is 7.37. The van der Waals surface area contributed by atoms with Crippen LogP contribution in [0.5, 0.6) is 0 Å². The summed E-state index contributed by atoms with van der Waals surface area (Å²) in [5.41, 5.74) is -1.70. The van der Waals surface area contributed by atoms with Gasteiger partial charge >= 0.3 is 6.18 Å². The summed E-state index contributed by atoms with van der Waals surface area (Å²) >= 11 is 0. The molecule has 0 aliphatic heterocycles. The molecule has 0 saturated carbocycles. The average Bonchev–Trinajstić information content (AvgIpc) is 2.28. The van der Waals surface area contributed by atoms with Crippen LogP contribution in [0.15, 0.2) is 36.7 Å². The van der Waals surface area contributed by atoms with Gasteiger partial charge in [-0.1, -0.05) is 12.1 Å². The molecule has 88 valence electrons. The topological polar surface area (TPSA) is 25.8 Å². The molecule has 1 aromatic heterocycles. The zero-order valence-electron chi connectivity index (χ0n) is 8.37. The molecule has 6 heteroatoms. The zero-order chi connectivity index (χ0) is 12.5. The Morgan fingerprint density at radius 2 is 1.59 bits per heavy atom. The van der Waals surface area contributed by atoms with E-state index >= 15 is 0 Å². The van der Waals surface area contributed by atoms with Crippen molar-refractivity contribution in [3.05, 3.63) is 48.0 Å². The molecule has 17 heavy (non-hydrogen) atoms. The monoisotopic (exact) mass is 242 g/mol. The maximum Gasteiger partial charge on any atom is 0.419 e. The number of rotatable bonds is 1. The highest BCUT2D eigenvalue weighted by Crippen LogP contribution is 2.37. The van der Waals surface area contributed by atoms with Crippen molar-refractivity contribution in [1.29, 1.82) is 0 Å². The van der Waals surface area contributed by atoms with E-state index in [0.717, 1.165) is 12.1 Å². The second-order valence-electron chi connectivity index (χ2n) is 3.23. The Labute approximate surface area is 94.0 Å². The molecule has 0 saturated heterocycles. The number of benzene rings is 1. The van der Waals surface area contributed by atoms with Gasteiger partial charge in [-0.15, -0.1) is 0 Å². The van der Waals surface area contributed by atoms with E-state index < -0.39 is 17.6 Å². The normalized spacial score (nSPS) is 11.5. The van der Waals surface area contributed by atoms with Crippen LogP contribution in [0.2, 0.25) is 0 Å². The molecule has 1 heterocycles. The van der Waals surface area contributed by atoms with Crippen molar-refractivity contribution in [3.8, 4) is 11.4 Å². The molecule has 0 amide bonds. The molecule has 0 atom stereocenters. The highest BCUT2D eigenvalue weighted by molar-refractivity contribution is 5.61. The molecule has 0 N–H and O–H groups in total. The number of nitrogens with zero attached hydrogens (tertiary/aromatic N) is 2. The average molecular weight is 242 g/mol. The Morgan fingerprint density at radius 3 is 2.18 bits per heavy atom. The van der Waals surface area contributed by atoms with Gasteiger partial charge in [-0.05, 0) is 12.1 Å². The van der Waals surface area contributed by atoms with Gasteiger partial charge in [0.1, 0.15) is 11.4 Å². The third-order valence-corrected chi connectivity index (χ3v) is 2.10. The van der Waals surface area contributed by atoms with Crippen molar-refractivity contribution in [2.45, 2.75) is 6.18 Å². The Kier molecular flexibility index (Phi) is 2.79. The summed E-state index contributed by atoms with van der Waals surface area (Å²) in [5.74, 6) is -1.48. The van der Waals surface area contributed by atoms with Crippen LogP contribution in [0.25, 0.3) is 11.4 Å². The fraction of sp³-hybridized carbons (Fsp3) is 0.0909. The Balaban J connectivity index is 2.67. The molecule has 2 nitrogen and oxygen atoms in total. The second-order valence-corrected chi connectivity index (χ2v) is 3.23. The molecule has 0 fully saturated rings. The van der Waals surface area contributed by atoms with Crippen LogP contribution in [0.3, 0.4) is 0 Å². The minimum absolute atomic E-state index is 0.153. The first-order valence-electron chi connectivity index (χ1n) is 4.63. The van der Waals surface area contributed by atoms with Crippen LogP contribution in [0.4, 0.5) is 17.6 Å². The van der Waals surface area contributed by atoms with Crippen LogP contribution in [0.1, 0.15) is 5.56 Å². The highest BCUT2D eigenvalue weighted by atomic mass is 19.4. The summed E-state index contributed by atoms with van der Waals surface area (Å²) in [6, 6.07) is 4.56. The van der Waals surface area contributed by atoms with Crippen molar-refractivity contribution in [2.75, 3.05) is 0 Å². The summed E-state index contributed by atoms with van der Waals surface area (Å²) in [7, 11) is 0. The summed E-state index contributed by atoms with van der Waals surface area (Å²) < 4.78 is 51.4. The minimum Gasteiger partial charge on any atom is -0.237 e. The molecule has 2 rings (SSSR count). The van der Waals surface area contributed by atoms with E-state index in [9.17, 15) is 17.6 Å². The fourth-order valence-electron chi connectivity index (χ4n) is 1.44. The van der Waals surface area contributed by atoms with E-state index in [1.165, 1.54) is 24.5 Å². The number of alkyl halides is 3. The lowest BCUT2D eigenvalue weighted by molar-refractivity contribution is -0.139. The molecule has 0 aliphatic carbocycles. The quantitative estimate of drug-likeness (QED) is 0.717.